The Morgan fingerprint density at radius 3 is 2.72 bits per heavy atom. The van der Waals surface area contributed by atoms with Gasteiger partial charge in [0.25, 0.3) is 0 Å². The molecule has 2 N–H and O–H groups in total. The molecule has 0 spiro atoms. The van der Waals surface area contributed by atoms with Crippen molar-refractivity contribution in [2.45, 2.75) is 19.8 Å². The van der Waals surface area contributed by atoms with E-state index >= 15 is 0 Å². The molecule has 4 heteroatoms. The standard InChI is InChI=1S/C14H19FN2O/c1-10-9-11(10)14(18)17(8-4-7-16)13-6-3-2-5-12(13)15/h2-3,5-6,10-11H,4,7-9,16H2,1H3. The quantitative estimate of drug-likeness (QED) is 0.870. The van der Waals surface area contributed by atoms with Crippen molar-refractivity contribution in [2.75, 3.05) is 18.0 Å². The predicted octanol–water partition coefficient (Wildman–Crippen LogP) is 2.16. The summed E-state index contributed by atoms with van der Waals surface area (Å²) in [6.07, 6.45) is 1.59. The highest BCUT2D eigenvalue weighted by Crippen LogP contribution is 2.40. The van der Waals surface area contributed by atoms with Gasteiger partial charge in [0, 0.05) is 12.5 Å². The summed E-state index contributed by atoms with van der Waals surface area (Å²) >= 11 is 0. The smallest absolute Gasteiger partial charge is 0.230 e. The summed E-state index contributed by atoms with van der Waals surface area (Å²) in [5, 5.41) is 0. The maximum Gasteiger partial charge on any atom is 0.230 e. The zero-order chi connectivity index (χ0) is 13.1. The van der Waals surface area contributed by atoms with Crippen LogP contribution in [-0.2, 0) is 4.79 Å². The van der Waals surface area contributed by atoms with Crippen LogP contribution in [0.3, 0.4) is 0 Å². The number of halogens is 1. The first-order valence-electron chi connectivity index (χ1n) is 6.41. The highest BCUT2D eigenvalue weighted by Gasteiger charge is 2.42. The molecule has 98 valence electrons. The van der Waals surface area contributed by atoms with Gasteiger partial charge in [0.2, 0.25) is 5.91 Å². The van der Waals surface area contributed by atoms with Gasteiger partial charge in [-0.1, -0.05) is 19.1 Å². The van der Waals surface area contributed by atoms with Crippen molar-refractivity contribution in [3.8, 4) is 0 Å². The molecule has 0 radical (unpaired) electrons. The normalized spacial score (nSPS) is 21.7. The minimum Gasteiger partial charge on any atom is -0.330 e. The highest BCUT2D eigenvalue weighted by molar-refractivity contribution is 5.96. The van der Waals surface area contributed by atoms with E-state index < -0.39 is 0 Å². The van der Waals surface area contributed by atoms with E-state index in [9.17, 15) is 9.18 Å². The molecule has 2 atom stereocenters. The summed E-state index contributed by atoms with van der Waals surface area (Å²) in [4.78, 5) is 13.8. The predicted molar refractivity (Wildman–Crippen MR) is 69.7 cm³/mol. The molecular formula is C14H19FN2O. The Morgan fingerprint density at radius 2 is 2.17 bits per heavy atom. The van der Waals surface area contributed by atoms with Gasteiger partial charge in [0.05, 0.1) is 5.69 Å². The summed E-state index contributed by atoms with van der Waals surface area (Å²) in [6.45, 7) is 3.03. The van der Waals surface area contributed by atoms with Gasteiger partial charge in [0.15, 0.2) is 0 Å². The lowest BCUT2D eigenvalue weighted by Crippen LogP contribution is -2.35. The minimum atomic E-state index is -0.351. The van der Waals surface area contributed by atoms with Crippen LogP contribution in [0.1, 0.15) is 19.8 Å². The number of nitrogens with zero attached hydrogens (tertiary/aromatic N) is 1. The van der Waals surface area contributed by atoms with Crippen LogP contribution < -0.4 is 10.6 Å². The van der Waals surface area contributed by atoms with Crippen molar-refractivity contribution in [1.29, 1.82) is 0 Å². The number of carbonyl (C=O) groups excluding carboxylic acids is 1. The number of carbonyl (C=O) groups is 1. The maximum absolute atomic E-state index is 13.8. The Morgan fingerprint density at radius 1 is 1.50 bits per heavy atom. The van der Waals surface area contributed by atoms with Gasteiger partial charge in [0.1, 0.15) is 5.82 Å². The van der Waals surface area contributed by atoms with Gasteiger partial charge in [-0.25, -0.2) is 4.39 Å². The number of amides is 1. The first-order chi connectivity index (χ1) is 8.65. The zero-order valence-electron chi connectivity index (χ0n) is 10.6. The summed E-state index contributed by atoms with van der Waals surface area (Å²) < 4.78 is 13.8. The van der Waals surface area contributed by atoms with E-state index in [4.69, 9.17) is 5.73 Å². The highest BCUT2D eigenvalue weighted by atomic mass is 19.1. The zero-order valence-corrected chi connectivity index (χ0v) is 10.6. The Labute approximate surface area is 107 Å². The molecule has 1 aromatic carbocycles. The second-order valence-corrected chi connectivity index (χ2v) is 4.90. The Hall–Kier alpha value is -1.42. The Kier molecular flexibility index (Phi) is 3.97. The lowest BCUT2D eigenvalue weighted by molar-refractivity contribution is -0.120. The van der Waals surface area contributed by atoms with Gasteiger partial charge in [-0.15, -0.1) is 0 Å². The number of hydrogen-bond donors (Lipinski definition) is 1. The van der Waals surface area contributed by atoms with E-state index in [-0.39, 0.29) is 17.6 Å². The fourth-order valence-electron chi connectivity index (χ4n) is 2.14. The summed E-state index contributed by atoms with van der Waals surface area (Å²) in [5.41, 5.74) is 5.85. The Bertz CT molecular complexity index is 436. The molecule has 2 rings (SSSR count). The van der Waals surface area contributed by atoms with Gasteiger partial charge < -0.3 is 10.6 Å². The first kappa shape index (κ1) is 13.0. The van der Waals surface area contributed by atoms with Crippen molar-refractivity contribution in [1.82, 2.24) is 0 Å². The third kappa shape index (κ3) is 2.70. The molecule has 0 bridgehead atoms. The second-order valence-electron chi connectivity index (χ2n) is 4.90. The van der Waals surface area contributed by atoms with Crippen LogP contribution >= 0.6 is 0 Å². The third-order valence-corrected chi connectivity index (χ3v) is 3.42. The molecular weight excluding hydrogens is 231 g/mol. The van der Waals surface area contributed by atoms with Crippen molar-refractivity contribution in [3.05, 3.63) is 30.1 Å². The van der Waals surface area contributed by atoms with Crippen LogP contribution in [0.2, 0.25) is 0 Å². The number of anilines is 1. The number of rotatable bonds is 5. The van der Waals surface area contributed by atoms with E-state index in [1.165, 1.54) is 6.07 Å². The Balaban J connectivity index is 2.19. The average Bonchev–Trinajstić information content (AvgIpc) is 3.08. The molecule has 0 saturated heterocycles. The molecule has 0 heterocycles. The van der Waals surface area contributed by atoms with Crippen LogP contribution in [0.15, 0.2) is 24.3 Å². The average molecular weight is 250 g/mol. The van der Waals surface area contributed by atoms with Crippen LogP contribution in [0.4, 0.5) is 10.1 Å². The second kappa shape index (κ2) is 5.48. The van der Waals surface area contributed by atoms with E-state index in [0.717, 1.165) is 6.42 Å². The summed E-state index contributed by atoms with van der Waals surface area (Å²) in [7, 11) is 0. The number of hydrogen-bond acceptors (Lipinski definition) is 2. The fraction of sp³-hybridized carbons (Fsp3) is 0.500. The van der Waals surface area contributed by atoms with Crippen molar-refractivity contribution in [2.24, 2.45) is 17.6 Å². The largest absolute Gasteiger partial charge is 0.330 e. The molecule has 1 aliphatic rings. The number of benzene rings is 1. The molecule has 1 fully saturated rings. The van der Waals surface area contributed by atoms with Crippen LogP contribution in [-0.4, -0.2) is 19.0 Å². The van der Waals surface area contributed by atoms with Crippen LogP contribution in [0, 0.1) is 17.7 Å². The maximum atomic E-state index is 13.8. The van der Waals surface area contributed by atoms with Crippen LogP contribution in [0.25, 0.3) is 0 Å². The van der Waals surface area contributed by atoms with E-state index in [1.54, 1.807) is 23.1 Å². The van der Waals surface area contributed by atoms with Crippen LogP contribution in [0.5, 0.6) is 0 Å². The van der Waals surface area contributed by atoms with E-state index in [1.807, 2.05) is 6.92 Å². The minimum absolute atomic E-state index is 0.0288. The van der Waals surface area contributed by atoms with Crippen molar-refractivity contribution in [3.63, 3.8) is 0 Å². The summed E-state index contributed by atoms with van der Waals surface area (Å²) in [5.74, 6) is 0.157. The molecule has 1 aliphatic carbocycles. The van der Waals surface area contributed by atoms with Gasteiger partial charge in [-0.3, -0.25) is 4.79 Å². The first-order valence-corrected chi connectivity index (χ1v) is 6.41. The molecule has 0 aromatic heterocycles. The monoisotopic (exact) mass is 250 g/mol. The van der Waals surface area contributed by atoms with E-state index in [2.05, 4.69) is 0 Å². The van der Waals surface area contributed by atoms with Crippen molar-refractivity contribution < 1.29 is 9.18 Å². The molecule has 0 aliphatic heterocycles. The van der Waals surface area contributed by atoms with Gasteiger partial charge >= 0.3 is 0 Å². The van der Waals surface area contributed by atoms with Gasteiger partial charge in [-0.05, 0) is 37.4 Å². The SMILES string of the molecule is CC1CC1C(=O)N(CCCN)c1ccccc1F. The number of para-hydroxylation sites is 1. The van der Waals surface area contributed by atoms with Gasteiger partial charge in [-0.2, -0.15) is 0 Å². The molecule has 2 unspecified atom stereocenters. The van der Waals surface area contributed by atoms with Crippen molar-refractivity contribution >= 4 is 11.6 Å². The molecule has 3 nitrogen and oxygen atoms in total. The fourth-order valence-corrected chi connectivity index (χ4v) is 2.14. The molecule has 1 amide bonds. The number of nitrogens with two attached hydrogens (primary N) is 1. The molecule has 1 aromatic rings. The lowest BCUT2D eigenvalue weighted by atomic mass is 10.2. The topological polar surface area (TPSA) is 46.3 Å². The summed E-state index contributed by atoms with van der Waals surface area (Å²) in [6, 6.07) is 6.41. The lowest BCUT2D eigenvalue weighted by Gasteiger charge is -2.23. The van der Waals surface area contributed by atoms with E-state index in [0.29, 0.717) is 31.1 Å². The third-order valence-electron chi connectivity index (χ3n) is 3.42. The molecule has 18 heavy (non-hydrogen) atoms. The molecule has 1 saturated carbocycles.